The quantitative estimate of drug-likeness (QED) is 0.579. The van der Waals surface area contributed by atoms with Crippen molar-refractivity contribution < 1.29 is 18.5 Å². The molecule has 0 bridgehead atoms. The molecule has 2 amide bonds. The van der Waals surface area contributed by atoms with Crippen LogP contribution in [0.15, 0.2) is 18.6 Å². The van der Waals surface area contributed by atoms with Crippen LogP contribution in [0.3, 0.4) is 0 Å². The highest BCUT2D eigenvalue weighted by atomic mass is 19.2. The van der Waals surface area contributed by atoms with Crippen LogP contribution in [0.25, 0.3) is 6.08 Å². The summed E-state index contributed by atoms with van der Waals surface area (Å²) in [5.41, 5.74) is 6.79. The van der Waals surface area contributed by atoms with Crippen molar-refractivity contribution in [3.8, 4) is 0 Å². The predicted octanol–water partition coefficient (Wildman–Crippen LogP) is 1.76. The number of likely N-dealkylation sites (N-methyl/N-ethyl adjacent to an activating group) is 1. The summed E-state index contributed by atoms with van der Waals surface area (Å²) in [4.78, 5) is 36.2. The molecule has 5 heterocycles. The molecule has 3 aliphatic rings. The van der Waals surface area contributed by atoms with Crippen LogP contribution in [-0.4, -0.2) is 87.3 Å². The lowest BCUT2D eigenvalue weighted by molar-refractivity contribution is -0.137. The maximum atomic E-state index is 15.0. The Morgan fingerprint density at radius 3 is 2.57 bits per heavy atom. The Bertz CT molecular complexity index is 1200. The van der Waals surface area contributed by atoms with E-state index < -0.39 is 11.7 Å². The first-order chi connectivity index (χ1) is 17.9. The zero-order valence-electron chi connectivity index (χ0n) is 20.7. The van der Waals surface area contributed by atoms with Gasteiger partial charge in [-0.25, -0.2) is 9.07 Å². The minimum atomic E-state index is -0.597. The molecule has 13 heteroatoms. The third kappa shape index (κ3) is 4.95. The number of fused-ring (bicyclic) bond motifs is 1. The fourth-order valence-corrected chi connectivity index (χ4v) is 5.25. The Morgan fingerprint density at radius 2 is 1.86 bits per heavy atom. The standard InChI is InChI=1S/C24H31F2N9O2/c1-2-31-9-11-33(12-10-31)24(37)16-3-6-32(7-4-16)21-17(25)13-28-14-18(21)29-23(36)20-19-5-8-34(26)15-35(19)30-22(20)27/h5,8,13-14,16H,2-4,6-7,9-12,15H2,1H3,(H2,27,30)(H,29,36). The Hall–Kier alpha value is -3.74. The van der Waals surface area contributed by atoms with E-state index in [9.17, 15) is 14.1 Å². The number of carbonyl (C=O) groups excluding carboxylic acids is 2. The molecule has 3 aliphatic heterocycles. The van der Waals surface area contributed by atoms with Gasteiger partial charge in [-0.3, -0.25) is 14.6 Å². The Morgan fingerprint density at radius 1 is 1.14 bits per heavy atom. The molecule has 0 radical (unpaired) electrons. The number of amides is 2. The number of pyridine rings is 1. The first-order valence-corrected chi connectivity index (χ1v) is 12.5. The van der Waals surface area contributed by atoms with Gasteiger partial charge in [0.15, 0.2) is 11.6 Å². The molecule has 0 saturated carbocycles. The minimum absolute atomic E-state index is 0.0579. The van der Waals surface area contributed by atoms with Crippen molar-refractivity contribution in [2.24, 2.45) is 5.92 Å². The lowest BCUT2D eigenvalue weighted by atomic mass is 9.94. The maximum absolute atomic E-state index is 15.0. The molecule has 37 heavy (non-hydrogen) atoms. The lowest BCUT2D eigenvalue weighted by Crippen LogP contribution is -2.51. The highest BCUT2D eigenvalue weighted by Crippen LogP contribution is 2.33. The van der Waals surface area contributed by atoms with E-state index in [1.165, 1.54) is 23.2 Å². The molecule has 198 valence electrons. The Kier molecular flexibility index (Phi) is 6.96. The van der Waals surface area contributed by atoms with Crippen LogP contribution in [0.2, 0.25) is 0 Å². The molecular weight excluding hydrogens is 484 g/mol. The number of aromatic nitrogens is 3. The van der Waals surface area contributed by atoms with E-state index in [-0.39, 0.29) is 41.2 Å². The van der Waals surface area contributed by atoms with Crippen LogP contribution in [0.5, 0.6) is 0 Å². The number of hydrogen-bond acceptors (Lipinski definition) is 8. The van der Waals surface area contributed by atoms with Crippen LogP contribution in [0.4, 0.5) is 26.1 Å². The number of halogens is 2. The molecule has 2 fully saturated rings. The van der Waals surface area contributed by atoms with Gasteiger partial charge in [0.05, 0.1) is 23.8 Å². The molecule has 3 N–H and O–H groups in total. The molecule has 2 aromatic rings. The van der Waals surface area contributed by atoms with Crippen molar-refractivity contribution in [3.63, 3.8) is 0 Å². The third-order valence-corrected chi connectivity index (χ3v) is 7.32. The monoisotopic (exact) mass is 515 g/mol. The van der Waals surface area contributed by atoms with Crippen molar-refractivity contribution in [1.82, 2.24) is 29.7 Å². The number of piperazine rings is 1. The summed E-state index contributed by atoms with van der Waals surface area (Å²) >= 11 is 0. The van der Waals surface area contributed by atoms with Crippen LogP contribution in [0.1, 0.15) is 35.8 Å². The second-order valence-electron chi connectivity index (χ2n) is 9.49. The van der Waals surface area contributed by atoms with Gasteiger partial charge in [0.25, 0.3) is 5.91 Å². The summed E-state index contributed by atoms with van der Waals surface area (Å²) in [6, 6.07) is 0. The maximum Gasteiger partial charge on any atom is 0.261 e. The van der Waals surface area contributed by atoms with Gasteiger partial charge in [-0.15, -0.1) is 0 Å². The molecular formula is C24H31F2N9O2. The number of nitrogen functional groups attached to an aromatic ring is 1. The number of nitrogens with two attached hydrogens (primary N) is 1. The van der Waals surface area contributed by atoms with Crippen molar-refractivity contribution in [3.05, 3.63) is 35.7 Å². The fraction of sp³-hybridized carbons (Fsp3) is 0.500. The van der Waals surface area contributed by atoms with E-state index >= 15 is 4.39 Å². The van der Waals surface area contributed by atoms with Crippen molar-refractivity contribution in [1.29, 1.82) is 0 Å². The largest absolute Gasteiger partial charge is 0.382 e. The summed E-state index contributed by atoms with van der Waals surface area (Å²) in [6.45, 7) is 7.10. The molecule has 0 unspecified atom stereocenters. The summed E-state index contributed by atoms with van der Waals surface area (Å²) in [7, 11) is 0. The SMILES string of the molecule is CCN1CCN(C(=O)C2CCN(c3c(F)cncc3NC(=O)c3c(N)nn4c3C=CN(F)C4)CC2)CC1. The average Bonchev–Trinajstić information content (AvgIpc) is 3.23. The molecule has 0 atom stereocenters. The number of piperidine rings is 1. The first-order valence-electron chi connectivity index (χ1n) is 12.5. The number of hydrogen-bond donors (Lipinski definition) is 2. The number of anilines is 3. The smallest absolute Gasteiger partial charge is 0.261 e. The summed E-state index contributed by atoms with van der Waals surface area (Å²) in [6.07, 6.45) is 6.25. The zero-order valence-corrected chi connectivity index (χ0v) is 20.7. The summed E-state index contributed by atoms with van der Waals surface area (Å²) in [5, 5.41) is 7.15. The molecule has 5 rings (SSSR count). The van der Waals surface area contributed by atoms with Gasteiger partial charge in [-0.1, -0.05) is 11.4 Å². The number of carbonyl (C=O) groups is 2. The molecule has 2 aromatic heterocycles. The van der Waals surface area contributed by atoms with Gasteiger partial charge in [0.2, 0.25) is 5.91 Å². The van der Waals surface area contributed by atoms with Gasteiger partial charge < -0.3 is 25.8 Å². The van der Waals surface area contributed by atoms with E-state index in [0.29, 0.717) is 36.7 Å². The lowest BCUT2D eigenvalue weighted by Gasteiger charge is -2.39. The zero-order chi connectivity index (χ0) is 26.1. The van der Waals surface area contributed by atoms with E-state index in [1.54, 1.807) is 0 Å². The highest BCUT2D eigenvalue weighted by molar-refractivity contribution is 6.10. The third-order valence-electron chi connectivity index (χ3n) is 7.32. The van der Waals surface area contributed by atoms with Crippen molar-refractivity contribution in [2.45, 2.75) is 26.4 Å². The second-order valence-corrected chi connectivity index (χ2v) is 9.49. The fourth-order valence-electron chi connectivity index (χ4n) is 5.25. The van der Waals surface area contributed by atoms with E-state index in [4.69, 9.17) is 5.73 Å². The van der Waals surface area contributed by atoms with E-state index in [1.807, 2.05) is 9.80 Å². The Balaban J connectivity index is 1.27. The van der Waals surface area contributed by atoms with Crippen LogP contribution >= 0.6 is 0 Å². The summed E-state index contributed by atoms with van der Waals surface area (Å²) < 4.78 is 29.8. The van der Waals surface area contributed by atoms with Gasteiger partial charge in [0, 0.05) is 51.4 Å². The van der Waals surface area contributed by atoms with Gasteiger partial charge in [-0.2, -0.15) is 10.2 Å². The highest BCUT2D eigenvalue weighted by Gasteiger charge is 2.32. The number of nitrogens with one attached hydrogen (secondary N) is 1. The Labute approximate surface area is 213 Å². The van der Waals surface area contributed by atoms with Crippen LogP contribution < -0.4 is 16.0 Å². The van der Waals surface area contributed by atoms with Crippen LogP contribution in [0, 0.1) is 11.7 Å². The first kappa shape index (κ1) is 24.9. The predicted molar refractivity (Wildman–Crippen MR) is 134 cm³/mol. The number of rotatable bonds is 5. The molecule has 0 aliphatic carbocycles. The summed E-state index contributed by atoms with van der Waals surface area (Å²) in [5.74, 6) is -1.16. The van der Waals surface area contributed by atoms with Gasteiger partial charge in [-0.05, 0) is 25.5 Å². The molecule has 0 spiro atoms. The average molecular weight is 516 g/mol. The van der Waals surface area contributed by atoms with Crippen molar-refractivity contribution >= 4 is 35.1 Å². The second kappa shape index (κ2) is 10.3. The van der Waals surface area contributed by atoms with Gasteiger partial charge in [0.1, 0.15) is 17.9 Å². The normalized spacial score (nSPS) is 18.7. The van der Waals surface area contributed by atoms with E-state index in [0.717, 1.165) is 38.9 Å². The minimum Gasteiger partial charge on any atom is -0.382 e. The van der Waals surface area contributed by atoms with Crippen LogP contribution in [-0.2, 0) is 11.5 Å². The van der Waals surface area contributed by atoms with Crippen molar-refractivity contribution in [2.75, 3.05) is 61.8 Å². The molecule has 0 aromatic carbocycles. The molecule has 2 saturated heterocycles. The number of nitrogens with zero attached hydrogens (tertiary/aromatic N) is 7. The van der Waals surface area contributed by atoms with Gasteiger partial charge >= 0.3 is 0 Å². The molecule has 11 nitrogen and oxygen atoms in total. The topological polar surface area (TPSA) is 116 Å². The van der Waals surface area contributed by atoms with E-state index in [2.05, 4.69) is 27.2 Å².